The molecule has 0 unspecified atom stereocenters. The second-order valence-electron chi connectivity index (χ2n) is 5.68. The van der Waals surface area contributed by atoms with Gasteiger partial charge in [-0.25, -0.2) is 19.6 Å². The lowest BCUT2D eigenvalue weighted by Gasteiger charge is -2.22. The Morgan fingerprint density at radius 1 is 1.08 bits per heavy atom. The fourth-order valence-corrected chi connectivity index (χ4v) is 2.63. The van der Waals surface area contributed by atoms with E-state index in [-0.39, 0.29) is 12.4 Å². The Hall–Kier alpha value is -2.96. The Morgan fingerprint density at radius 2 is 1.75 bits per heavy atom. The molecule has 0 saturated carbocycles. The summed E-state index contributed by atoms with van der Waals surface area (Å²) in [5, 5.41) is 0. The summed E-state index contributed by atoms with van der Waals surface area (Å²) in [6.07, 6.45) is 0. The highest BCUT2D eigenvalue weighted by atomic mass is 16.4. The van der Waals surface area contributed by atoms with Crippen molar-refractivity contribution < 1.29 is 18.8 Å². The molecule has 2 aromatic rings. The maximum Gasteiger partial charge on any atom is 0.335 e. The maximum absolute atomic E-state index is 12.6. The van der Waals surface area contributed by atoms with Gasteiger partial charge >= 0.3 is 17.8 Å². The predicted molar refractivity (Wildman–Crippen MR) is 83.6 cm³/mol. The summed E-state index contributed by atoms with van der Waals surface area (Å²) in [4.78, 5) is 43.0. The van der Waals surface area contributed by atoms with Crippen LogP contribution in [0, 0.1) is 13.8 Å². The summed E-state index contributed by atoms with van der Waals surface area (Å²) >= 11 is 0. The molecule has 3 rings (SSSR count). The molecule has 24 heavy (non-hydrogen) atoms. The van der Waals surface area contributed by atoms with E-state index in [9.17, 15) is 14.4 Å². The van der Waals surface area contributed by atoms with Gasteiger partial charge in [0, 0.05) is 0 Å². The maximum atomic E-state index is 12.6. The van der Waals surface area contributed by atoms with Gasteiger partial charge in [-0.2, -0.15) is 0 Å². The molecule has 0 aliphatic carbocycles. The topological polar surface area (TPSA) is 83.7 Å². The Labute approximate surface area is 138 Å². The zero-order chi connectivity index (χ0) is 17.4. The number of nitrogens with zero attached hydrogens (tertiary/aromatic N) is 3. The number of imide groups is 2. The molecule has 1 aliphatic rings. The van der Waals surface area contributed by atoms with E-state index in [1.165, 1.54) is 0 Å². The molecule has 1 atom stereocenters. The van der Waals surface area contributed by atoms with Crippen molar-refractivity contribution in [1.29, 1.82) is 0 Å². The minimum absolute atomic E-state index is 0.157. The van der Waals surface area contributed by atoms with Gasteiger partial charge in [-0.3, -0.25) is 9.59 Å². The molecule has 124 valence electrons. The molecule has 1 aliphatic heterocycles. The van der Waals surface area contributed by atoms with Crippen molar-refractivity contribution in [3.05, 3.63) is 53.2 Å². The second kappa shape index (κ2) is 5.92. The summed E-state index contributed by atoms with van der Waals surface area (Å²) in [7, 11) is 0. The normalized spacial score (nSPS) is 16.2. The summed E-state index contributed by atoms with van der Waals surface area (Å²) in [6, 6.07) is 7.89. The number of rotatable bonds is 4. The third-order valence-electron chi connectivity index (χ3n) is 4.12. The van der Waals surface area contributed by atoms with Crippen LogP contribution in [0.5, 0.6) is 0 Å². The highest BCUT2D eigenvalue weighted by Crippen LogP contribution is 2.27. The number of aromatic nitrogens is 1. The van der Waals surface area contributed by atoms with Crippen molar-refractivity contribution in [3.63, 3.8) is 0 Å². The highest BCUT2D eigenvalue weighted by molar-refractivity contribution is 6.44. The third kappa shape index (κ3) is 2.58. The van der Waals surface area contributed by atoms with Crippen molar-refractivity contribution in [1.82, 2.24) is 14.8 Å². The third-order valence-corrected chi connectivity index (χ3v) is 4.12. The smallest absolute Gasteiger partial charge is 0.335 e. The Kier molecular flexibility index (Phi) is 3.92. The van der Waals surface area contributed by atoms with E-state index < -0.39 is 23.9 Å². The first-order valence-corrected chi connectivity index (χ1v) is 7.57. The summed E-state index contributed by atoms with van der Waals surface area (Å²) in [5.41, 5.74) is 1.46. The van der Waals surface area contributed by atoms with Gasteiger partial charge in [0.15, 0.2) is 0 Å². The fourth-order valence-electron chi connectivity index (χ4n) is 2.63. The van der Waals surface area contributed by atoms with Crippen LogP contribution in [0.4, 0.5) is 4.79 Å². The largest absolute Gasteiger partial charge is 0.444 e. The van der Waals surface area contributed by atoms with Gasteiger partial charge in [-0.05, 0) is 26.3 Å². The van der Waals surface area contributed by atoms with E-state index in [0.717, 1.165) is 15.4 Å². The zero-order valence-electron chi connectivity index (χ0n) is 13.6. The molecule has 0 spiro atoms. The molecule has 1 fully saturated rings. The molecule has 7 nitrogen and oxygen atoms in total. The van der Waals surface area contributed by atoms with Crippen LogP contribution < -0.4 is 0 Å². The Morgan fingerprint density at radius 3 is 2.33 bits per heavy atom. The number of urea groups is 1. The van der Waals surface area contributed by atoms with E-state index in [0.29, 0.717) is 11.5 Å². The summed E-state index contributed by atoms with van der Waals surface area (Å²) < 4.78 is 5.40. The summed E-state index contributed by atoms with van der Waals surface area (Å²) in [6.45, 7) is 5.07. The molecule has 1 saturated heterocycles. The van der Waals surface area contributed by atoms with Crippen LogP contribution in [0.15, 0.2) is 34.7 Å². The van der Waals surface area contributed by atoms with Crippen LogP contribution in [0.2, 0.25) is 0 Å². The molecule has 4 amide bonds. The number of aryl methyl sites for hydroxylation is 2. The average Bonchev–Trinajstić information content (AvgIpc) is 2.99. The average molecular weight is 327 g/mol. The first kappa shape index (κ1) is 15.9. The van der Waals surface area contributed by atoms with Crippen molar-refractivity contribution >= 4 is 17.8 Å². The van der Waals surface area contributed by atoms with E-state index in [1.807, 2.05) is 18.2 Å². The first-order chi connectivity index (χ1) is 11.4. The second-order valence-corrected chi connectivity index (χ2v) is 5.68. The first-order valence-electron chi connectivity index (χ1n) is 7.57. The van der Waals surface area contributed by atoms with E-state index in [4.69, 9.17) is 4.42 Å². The molecular weight excluding hydrogens is 310 g/mol. The molecule has 7 heteroatoms. The van der Waals surface area contributed by atoms with Gasteiger partial charge < -0.3 is 4.42 Å². The number of carbonyl (C=O) groups is 3. The van der Waals surface area contributed by atoms with Crippen molar-refractivity contribution in [2.45, 2.75) is 33.4 Å². The lowest BCUT2D eigenvalue weighted by atomic mass is 10.1. The number of oxazole rings is 1. The van der Waals surface area contributed by atoms with Gasteiger partial charge in [-0.15, -0.1) is 0 Å². The Balaban J connectivity index is 1.85. The zero-order valence-corrected chi connectivity index (χ0v) is 13.6. The van der Waals surface area contributed by atoms with Crippen LogP contribution in [0.1, 0.15) is 35.9 Å². The number of hydrogen-bond acceptors (Lipinski definition) is 5. The van der Waals surface area contributed by atoms with Gasteiger partial charge in [0.1, 0.15) is 12.3 Å². The number of carbonyl (C=O) groups excluding carboxylic acids is 3. The molecule has 1 aromatic carbocycles. The van der Waals surface area contributed by atoms with Crippen LogP contribution in [-0.4, -0.2) is 32.6 Å². The van der Waals surface area contributed by atoms with Crippen molar-refractivity contribution in [3.8, 4) is 0 Å². The van der Waals surface area contributed by atoms with E-state index >= 15 is 0 Å². The van der Waals surface area contributed by atoms with Gasteiger partial charge in [-0.1, -0.05) is 30.3 Å². The van der Waals surface area contributed by atoms with Crippen molar-refractivity contribution in [2.24, 2.45) is 0 Å². The molecule has 0 N–H and O–H groups in total. The van der Waals surface area contributed by atoms with Gasteiger partial charge in [0.05, 0.1) is 11.7 Å². The monoisotopic (exact) mass is 327 g/mol. The molecule has 1 aromatic heterocycles. The van der Waals surface area contributed by atoms with Crippen LogP contribution >= 0.6 is 0 Å². The van der Waals surface area contributed by atoms with Crippen LogP contribution in [0.25, 0.3) is 0 Å². The summed E-state index contributed by atoms with van der Waals surface area (Å²) in [5.74, 6) is -0.855. The molecular formula is C17H17N3O4. The van der Waals surface area contributed by atoms with Crippen LogP contribution in [0.3, 0.4) is 0 Å². The predicted octanol–water partition coefficient (Wildman–Crippen LogP) is 2.34. The Bertz CT molecular complexity index is 793. The van der Waals surface area contributed by atoms with Crippen molar-refractivity contribution in [2.75, 3.05) is 0 Å². The highest BCUT2D eigenvalue weighted by Gasteiger charge is 2.47. The lowest BCUT2D eigenvalue weighted by molar-refractivity contribution is -0.144. The molecule has 2 heterocycles. The number of amides is 4. The quantitative estimate of drug-likeness (QED) is 0.636. The lowest BCUT2D eigenvalue weighted by Crippen LogP contribution is -2.35. The number of hydrogen-bond donors (Lipinski definition) is 0. The molecule has 0 radical (unpaired) electrons. The van der Waals surface area contributed by atoms with E-state index in [2.05, 4.69) is 4.98 Å². The minimum atomic E-state index is -0.865. The fraction of sp³-hybridized carbons (Fsp3) is 0.294. The minimum Gasteiger partial charge on any atom is -0.444 e. The van der Waals surface area contributed by atoms with E-state index in [1.54, 1.807) is 32.9 Å². The molecule has 0 bridgehead atoms. The van der Waals surface area contributed by atoms with Gasteiger partial charge in [0.2, 0.25) is 5.89 Å². The van der Waals surface area contributed by atoms with Gasteiger partial charge in [0.25, 0.3) is 0 Å². The number of benzene rings is 1. The SMILES string of the molecule is Cc1nc(CN2C(=O)C(=O)N([C@H](C)c3ccccc3)C2=O)oc1C. The van der Waals surface area contributed by atoms with Crippen LogP contribution in [-0.2, 0) is 16.1 Å². The standard InChI is InChI=1S/C17H17N3O4/c1-10-12(3)24-14(18-10)9-19-15(21)16(22)20(17(19)23)11(2)13-7-5-4-6-8-13/h4-8,11H,9H2,1-3H3/t11-/m1/s1.